The van der Waals surface area contributed by atoms with Crippen LogP contribution < -0.4 is 0 Å². The van der Waals surface area contributed by atoms with Gasteiger partial charge in [-0.3, -0.25) is 0 Å². The van der Waals surface area contributed by atoms with E-state index >= 15 is 0 Å². The largest absolute Gasteiger partial charge is 0.198 e. The van der Waals surface area contributed by atoms with Crippen LogP contribution in [0.2, 0.25) is 0 Å². The molecular formula is C24H35N. The zero-order valence-electron chi connectivity index (χ0n) is 16.1. The molecule has 0 saturated heterocycles. The highest BCUT2D eigenvalue weighted by molar-refractivity contribution is 5.28. The molecule has 136 valence electrons. The Bertz CT molecular complexity index is 536. The van der Waals surface area contributed by atoms with Crippen molar-refractivity contribution in [1.29, 1.82) is 5.26 Å². The van der Waals surface area contributed by atoms with Crippen molar-refractivity contribution in [2.75, 3.05) is 0 Å². The maximum atomic E-state index is 8.75. The minimum atomic E-state index is 0.741. The summed E-state index contributed by atoms with van der Waals surface area (Å²) in [6, 6.07) is 12.0. The molecule has 0 heterocycles. The first-order valence-corrected chi connectivity index (χ1v) is 10.8. The van der Waals surface area contributed by atoms with Crippen LogP contribution >= 0.6 is 0 Å². The molecule has 0 aliphatic heterocycles. The van der Waals surface area contributed by atoms with Gasteiger partial charge in [0.1, 0.15) is 0 Å². The lowest BCUT2D eigenvalue weighted by atomic mass is 9.75. The average molecular weight is 338 g/mol. The molecule has 1 nitrogen and oxygen atoms in total. The molecule has 1 aromatic carbocycles. The monoisotopic (exact) mass is 337 g/mol. The van der Waals surface area contributed by atoms with Gasteiger partial charge in [0.15, 0.2) is 0 Å². The van der Waals surface area contributed by atoms with Crippen molar-refractivity contribution in [2.45, 2.75) is 95.8 Å². The number of hydrogen-bond donors (Lipinski definition) is 0. The second-order valence-corrected chi connectivity index (χ2v) is 8.59. The Balaban J connectivity index is 1.49. The van der Waals surface area contributed by atoms with E-state index in [1.807, 2.05) is 0 Å². The van der Waals surface area contributed by atoms with Gasteiger partial charge in [0.25, 0.3) is 0 Å². The van der Waals surface area contributed by atoms with Gasteiger partial charge in [-0.2, -0.15) is 5.26 Å². The van der Waals surface area contributed by atoms with Crippen LogP contribution in [0.4, 0.5) is 0 Å². The van der Waals surface area contributed by atoms with Crippen LogP contribution in [0.1, 0.15) is 107 Å². The van der Waals surface area contributed by atoms with Gasteiger partial charge in [0.05, 0.1) is 6.07 Å². The van der Waals surface area contributed by atoms with Crippen LogP contribution in [0.3, 0.4) is 0 Å². The molecule has 0 aromatic heterocycles. The van der Waals surface area contributed by atoms with E-state index in [0.29, 0.717) is 0 Å². The first-order valence-electron chi connectivity index (χ1n) is 10.8. The third-order valence-corrected chi connectivity index (χ3v) is 6.93. The zero-order valence-corrected chi connectivity index (χ0v) is 16.1. The lowest BCUT2D eigenvalue weighted by Crippen LogP contribution is -2.14. The van der Waals surface area contributed by atoms with E-state index in [9.17, 15) is 0 Å². The highest BCUT2D eigenvalue weighted by Crippen LogP contribution is 2.40. The summed E-state index contributed by atoms with van der Waals surface area (Å²) in [5.74, 6) is 3.36. The lowest BCUT2D eigenvalue weighted by Gasteiger charge is -2.30. The number of hydrogen-bond acceptors (Lipinski definition) is 1. The summed E-state index contributed by atoms with van der Waals surface area (Å²) in [6.45, 7) is 2.32. The lowest BCUT2D eigenvalue weighted by molar-refractivity contribution is 0.307. The van der Waals surface area contributed by atoms with Gasteiger partial charge >= 0.3 is 0 Å². The van der Waals surface area contributed by atoms with Gasteiger partial charge in [0, 0.05) is 6.42 Å². The van der Waals surface area contributed by atoms with Gasteiger partial charge < -0.3 is 0 Å². The van der Waals surface area contributed by atoms with Gasteiger partial charge in [-0.05, 0) is 92.6 Å². The minimum Gasteiger partial charge on any atom is -0.198 e. The predicted molar refractivity (Wildman–Crippen MR) is 106 cm³/mol. The summed E-state index contributed by atoms with van der Waals surface area (Å²) in [4.78, 5) is 0. The Labute approximate surface area is 154 Å². The van der Waals surface area contributed by atoms with Crippen LogP contribution in [-0.2, 0) is 0 Å². The van der Waals surface area contributed by atoms with Crippen LogP contribution in [0.15, 0.2) is 24.3 Å². The third kappa shape index (κ3) is 5.10. The standard InChI is InChI=1S/C24H35N/c1-2-4-19-6-10-21(11-7-19)23-14-16-24(17-15-23)22-12-8-20(9-13-22)5-3-18-25/h14-17,19-22H,2-13H2,1H3. The molecule has 2 saturated carbocycles. The predicted octanol–water partition coefficient (Wildman–Crippen LogP) is 7.34. The Morgan fingerprint density at radius 2 is 1.20 bits per heavy atom. The van der Waals surface area contributed by atoms with Crippen molar-refractivity contribution >= 4 is 0 Å². The number of nitriles is 1. The van der Waals surface area contributed by atoms with E-state index in [4.69, 9.17) is 5.26 Å². The van der Waals surface area contributed by atoms with Crippen molar-refractivity contribution in [3.05, 3.63) is 35.4 Å². The number of nitrogens with zero attached hydrogens (tertiary/aromatic N) is 1. The molecule has 2 aliphatic rings. The highest BCUT2D eigenvalue weighted by atomic mass is 14.3. The topological polar surface area (TPSA) is 23.8 Å². The van der Waals surface area contributed by atoms with E-state index in [2.05, 4.69) is 37.3 Å². The number of benzene rings is 1. The molecule has 3 rings (SSSR count). The fourth-order valence-electron chi connectivity index (χ4n) is 5.29. The summed E-state index contributed by atoms with van der Waals surface area (Å²) in [7, 11) is 0. The summed E-state index contributed by atoms with van der Waals surface area (Å²) in [5, 5.41) is 8.75. The van der Waals surface area contributed by atoms with Crippen LogP contribution in [0.5, 0.6) is 0 Å². The zero-order chi connectivity index (χ0) is 17.5. The van der Waals surface area contributed by atoms with E-state index in [1.54, 1.807) is 11.1 Å². The Hall–Kier alpha value is -1.29. The van der Waals surface area contributed by atoms with Gasteiger partial charge in [0.2, 0.25) is 0 Å². The van der Waals surface area contributed by atoms with Crippen LogP contribution in [0, 0.1) is 23.2 Å². The normalized spacial score (nSPS) is 29.9. The van der Waals surface area contributed by atoms with E-state index in [1.165, 1.54) is 64.2 Å². The molecule has 0 N–H and O–H groups in total. The molecule has 0 radical (unpaired) electrons. The van der Waals surface area contributed by atoms with Gasteiger partial charge in [-0.1, -0.05) is 44.0 Å². The van der Waals surface area contributed by atoms with Gasteiger partial charge in [-0.25, -0.2) is 0 Å². The molecule has 2 aliphatic carbocycles. The molecule has 0 spiro atoms. The Kier molecular flexibility index (Phi) is 6.97. The SMILES string of the molecule is CCCC1CCC(c2ccc(C3CCC(CCC#N)CC3)cc2)CC1. The van der Waals surface area contributed by atoms with E-state index in [0.717, 1.165) is 36.5 Å². The molecular weight excluding hydrogens is 302 g/mol. The molecule has 2 fully saturated rings. The van der Waals surface area contributed by atoms with E-state index < -0.39 is 0 Å². The molecule has 1 heteroatoms. The van der Waals surface area contributed by atoms with Gasteiger partial charge in [-0.15, -0.1) is 0 Å². The van der Waals surface area contributed by atoms with Crippen molar-refractivity contribution in [2.24, 2.45) is 11.8 Å². The van der Waals surface area contributed by atoms with E-state index in [-0.39, 0.29) is 0 Å². The molecule has 0 atom stereocenters. The Morgan fingerprint density at radius 3 is 1.60 bits per heavy atom. The van der Waals surface area contributed by atoms with Crippen LogP contribution in [-0.4, -0.2) is 0 Å². The molecule has 0 amide bonds. The fraction of sp³-hybridized carbons (Fsp3) is 0.708. The highest BCUT2D eigenvalue weighted by Gasteiger charge is 2.24. The first-order chi connectivity index (χ1) is 12.3. The second-order valence-electron chi connectivity index (χ2n) is 8.59. The number of rotatable bonds is 6. The fourth-order valence-corrected chi connectivity index (χ4v) is 5.29. The Morgan fingerprint density at radius 1 is 0.760 bits per heavy atom. The minimum absolute atomic E-state index is 0.741. The average Bonchev–Trinajstić information content (AvgIpc) is 2.68. The summed E-state index contributed by atoms with van der Waals surface area (Å²) < 4.78 is 0. The molecule has 25 heavy (non-hydrogen) atoms. The molecule has 0 unspecified atom stereocenters. The summed E-state index contributed by atoms with van der Waals surface area (Å²) in [6.07, 6.45) is 15.6. The second kappa shape index (κ2) is 9.42. The van der Waals surface area contributed by atoms with Crippen molar-refractivity contribution in [3.63, 3.8) is 0 Å². The van der Waals surface area contributed by atoms with Crippen molar-refractivity contribution in [3.8, 4) is 6.07 Å². The van der Waals surface area contributed by atoms with Crippen LogP contribution in [0.25, 0.3) is 0 Å². The molecule has 0 bridgehead atoms. The third-order valence-electron chi connectivity index (χ3n) is 6.93. The van der Waals surface area contributed by atoms with Crippen molar-refractivity contribution < 1.29 is 0 Å². The molecule has 1 aromatic rings. The quantitative estimate of drug-likeness (QED) is 0.532. The first kappa shape index (κ1) is 18.5. The maximum Gasteiger partial charge on any atom is 0.0621 e. The van der Waals surface area contributed by atoms with Crippen molar-refractivity contribution in [1.82, 2.24) is 0 Å². The summed E-state index contributed by atoms with van der Waals surface area (Å²) >= 11 is 0. The smallest absolute Gasteiger partial charge is 0.0621 e. The maximum absolute atomic E-state index is 8.75. The summed E-state index contributed by atoms with van der Waals surface area (Å²) in [5.41, 5.74) is 3.14.